The first-order valence-electron chi connectivity index (χ1n) is 13.9. The highest BCUT2D eigenvalue weighted by atomic mass is 31.2. The number of phosphoric acid groups is 1. The summed E-state index contributed by atoms with van der Waals surface area (Å²) in [6.45, 7) is 18.1. The maximum atomic E-state index is 14.1. The van der Waals surface area contributed by atoms with Crippen molar-refractivity contribution < 1.29 is 36.2 Å². The summed E-state index contributed by atoms with van der Waals surface area (Å²) in [5, 5.41) is 4.09. The minimum Gasteiger partial charge on any atom is -0.411 e. The lowest BCUT2D eigenvalue weighted by Crippen LogP contribution is -2.64. The van der Waals surface area contributed by atoms with Crippen molar-refractivity contribution in [3.05, 3.63) is 71.1 Å². The molecule has 1 heterocycles. The third-order valence-electron chi connectivity index (χ3n) is 5.57. The van der Waals surface area contributed by atoms with Crippen LogP contribution in [0.5, 0.6) is 11.5 Å². The van der Waals surface area contributed by atoms with Crippen molar-refractivity contribution in [1.82, 2.24) is 0 Å². The third kappa shape index (κ3) is 11.3. The van der Waals surface area contributed by atoms with Crippen molar-refractivity contribution in [3.63, 3.8) is 0 Å². The molecule has 0 N–H and O–H groups in total. The fourth-order valence-electron chi connectivity index (χ4n) is 4.20. The van der Waals surface area contributed by atoms with E-state index in [0.29, 0.717) is 11.5 Å². The number of ether oxygens (including phenoxy) is 1. The van der Waals surface area contributed by atoms with Crippen molar-refractivity contribution in [3.8, 4) is 11.5 Å². The van der Waals surface area contributed by atoms with Gasteiger partial charge in [0.1, 0.15) is 23.6 Å². The smallest absolute Gasteiger partial charge is 0.411 e. The van der Waals surface area contributed by atoms with E-state index in [0.717, 1.165) is 0 Å². The Labute approximate surface area is 252 Å². The van der Waals surface area contributed by atoms with E-state index in [1.165, 1.54) is 0 Å². The average Bonchev–Trinajstić information content (AvgIpc) is 2.85. The lowest BCUT2D eigenvalue weighted by Gasteiger charge is -2.49. The number of para-hydroxylation sites is 2. The highest BCUT2D eigenvalue weighted by molar-refractivity contribution is 7.49. The van der Waals surface area contributed by atoms with Crippen molar-refractivity contribution >= 4 is 32.8 Å². The Morgan fingerprint density at radius 1 is 0.762 bits per heavy atom. The predicted octanol–water partition coefficient (Wildman–Crippen LogP) is 7.96. The molecule has 15 heteroatoms. The van der Waals surface area contributed by atoms with Gasteiger partial charge in [-0.3, -0.25) is 4.52 Å². The molecular formula is C27H44N3O8PSi3. The van der Waals surface area contributed by atoms with Crippen LogP contribution >= 0.6 is 7.82 Å². The summed E-state index contributed by atoms with van der Waals surface area (Å²) < 4.78 is 57.8. The van der Waals surface area contributed by atoms with Crippen LogP contribution < -0.4 is 9.05 Å². The van der Waals surface area contributed by atoms with Crippen molar-refractivity contribution in [2.24, 2.45) is 5.11 Å². The number of azide groups is 1. The van der Waals surface area contributed by atoms with Gasteiger partial charge in [0.05, 0.1) is 18.8 Å². The van der Waals surface area contributed by atoms with E-state index in [9.17, 15) is 10.1 Å². The molecule has 0 spiro atoms. The molecule has 1 aliphatic heterocycles. The van der Waals surface area contributed by atoms with Crippen LogP contribution in [0, 0.1) is 0 Å². The van der Waals surface area contributed by atoms with E-state index < -0.39 is 63.4 Å². The van der Waals surface area contributed by atoms with Crippen LogP contribution in [0.3, 0.4) is 0 Å². The minimum absolute atomic E-state index is 0.230. The lowest BCUT2D eigenvalue weighted by atomic mass is 9.98. The summed E-state index contributed by atoms with van der Waals surface area (Å²) in [5.74, 6) is 0.638. The van der Waals surface area contributed by atoms with Gasteiger partial charge in [-0.1, -0.05) is 41.5 Å². The molecule has 3 rings (SSSR count). The second-order valence-corrected chi connectivity index (χ2v) is 27.8. The van der Waals surface area contributed by atoms with Gasteiger partial charge in [0, 0.05) is 4.91 Å². The highest BCUT2D eigenvalue weighted by Crippen LogP contribution is 2.50. The number of hydrogen-bond acceptors (Lipinski definition) is 9. The van der Waals surface area contributed by atoms with Gasteiger partial charge in [-0.25, -0.2) is 4.57 Å². The molecule has 2 aromatic rings. The summed E-state index contributed by atoms with van der Waals surface area (Å²) in [6, 6.07) is 16.5. The van der Waals surface area contributed by atoms with Crippen LogP contribution in [0.2, 0.25) is 58.9 Å². The Hall–Kier alpha value is -1.97. The average molecular weight is 654 g/mol. The molecule has 0 aliphatic carbocycles. The van der Waals surface area contributed by atoms with Gasteiger partial charge in [-0.15, -0.1) is 0 Å². The zero-order valence-corrected chi connectivity index (χ0v) is 29.8. The Kier molecular flexibility index (Phi) is 11.7. The van der Waals surface area contributed by atoms with Gasteiger partial charge in [-0.2, -0.15) is 0 Å². The van der Waals surface area contributed by atoms with Gasteiger partial charge < -0.3 is 27.1 Å². The number of nitrogens with zero attached hydrogens (tertiary/aromatic N) is 3. The van der Waals surface area contributed by atoms with Gasteiger partial charge in [0.25, 0.3) is 0 Å². The summed E-state index contributed by atoms with van der Waals surface area (Å²) >= 11 is 0. The molecular weight excluding hydrogens is 610 g/mol. The molecule has 0 saturated carbocycles. The van der Waals surface area contributed by atoms with Gasteiger partial charge in [0.15, 0.2) is 31.2 Å². The van der Waals surface area contributed by atoms with Gasteiger partial charge in [-0.05, 0) is 88.7 Å². The van der Waals surface area contributed by atoms with Crippen LogP contribution in [-0.2, 0) is 27.1 Å². The molecule has 0 amide bonds. The lowest BCUT2D eigenvalue weighted by molar-refractivity contribution is -0.233. The summed E-state index contributed by atoms with van der Waals surface area (Å²) in [4.78, 5) is 3.11. The molecule has 1 saturated heterocycles. The van der Waals surface area contributed by atoms with Crippen LogP contribution in [0.1, 0.15) is 0 Å². The standard InChI is InChI=1S/C27H44N3O8PSi3/c1-40(2,3)36-25-23(33-27(38-42(7,8)9)24(29-30-28)26(25)37-41(4,5)6)20-32-39(31,34-21-16-12-10-13-17-21)35-22-18-14-11-15-19-22/h10-19,23-27H,20H2,1-9H3/t23-,24-,25-,26-,27-/m1/s1. The fourth-order valence-corrected chi connectivity index (χ4v) is 8.52. The Bertz CT molecular complexity index is 1190. The monoisotopic (exact) mass is 653 g/mol. The van der Waals surface area contributed by atoms with Gasteiger partial charge in [0.2, 0.25) is 0 Å². The van der Waals surface area contributed by atoms with Crippen LogP contribution in [-0.4, -0.2) is 62.2 Å². The molecule has 42 heavy (non-hydrogen) atoms. The summed E-state index contributed by atoms with van der Waals surface area (Å²) in [6.07, 6.45) is -3.13. The molecule has 2 aromatic carbocycles. The van der Waals surface area contributed by atoms with E-state index in [1.54, 1.807) is 48.5 Å². The summed E-state index contributed by atoms with van der Waals surface area (Å²) in [7, 11) is -10.8. The third-order valence-corrected chi connectivity index (χ3v) is 9.80. The molecule has 1 aliphatic rings. The topological polar surface area (TPSA) is 130 Å². The zero-order chi connectivity index (χ0) is 31.2. The minimum atomic E-state index is -4.23. The molecule has 232 valence electrons. The van der Waals surface area contributed by atoms with Crippen molar-refractivity contribution in [2.75, 3.05) is 6.61 Å². The SMILES string of the molecule is C[Si](C)(C)O[C@H]1O[C@H](COP(=O)(Oc2ccccc2)Oc2ccccc2)[C@@H](O[Si](C)(C)C)[C@H](O[Si](C)(C)C)[C@H]1N=[N+]=[N-]. The number of hydrogen-bond donors (Lipinski definition) is 0. The van der Waals surface area contributed by atoms with Crippen LogP contribution in [0.25, 0.3) is 10.4 Å². The molecule has 0 unspecified atom stereocenters. The Morgan fingerprint density at radius 3 is 1.64 bits per heavy atom. The van der Waals surface area contributed by atoms with Crippen LogP contribution in [0.15, 0.2) is 65.8 Å². The second-order valence-electron chi connectivity index (χ2n) is 12.9. The van der Waals surface area contributed by atoms with Crippen LogP contribution in [0.4, 0.5) is 0 Å². The number of benzene rings is 2. The van der Waals surface area contributed by atoms with E-state index in [-0.39, 0.29) is 6.61 Å². The first-order valence-corrected chi connectivity index (χ1v) is 25.6. The maximum absolute atomic E-state index is 14.1. The first-order chi connectivity index (χ1) is 19.5. The molecule has 11 nitrogen and oxygen atoms in total. The van der Waals surface area contributed by atoms with Crippen molar-refractivity contribution in [2.45, 2.75) is 89.6 Å². The largest absolute Gasteiger partial charge is 0.587 e. The van der Waals surface area contributed by atoms with E-state index in [4.69, 9.17) is 31.6 Å². The van der Waals surface area contributed by atoms with Gasteiger partial charge >= 0.3 is 7.82 Å². The van der Waals surface area contributed by atoms with E-state index in [1.807, 2.05) is 51.4 Å². The Morgan fingerprint density at radius 2 is 1.21 bits per heavy atom. The zero-order valence-electron chi connectivity index (χ0n) is 25.9. The molecule has 0 radical (unpaired) electrons. The predicted molar refractivity (Wildman–Crippen MR) is 170 cm³/mol. The second kappa shape index (κ2) is 14.2. The quantitative estimate of drug-likeness (QED) is 0.0660. The molecule has 1 fully saturated rings. The van der Waals surface area contributed by atoms with E-state index >= 15 is 0 Å². The van der Waals surface area contributed by atoms with Crippen molar-refractivity contribution in [1.29, 1.82) is 0 Å². The molecule has 5 atom stereocenters. The van der Waals surface area contributed by atoms with E-state index in [2.05, 4.69) is 29.7 Å². The number of rotatable bonds is 14. The molecule has 0 bridgehead atoms. The Balaban J connectivity index is 2.01. The summed E-state index contributed by atoms with van der Waals surface area (Å²) in [5.41, 5.74) is 9.51. The maximum Gasteiger partial charge on any atom is 0.587 e. The first kappa shape index (κ1) is 34.5. The highest BCUT2D eigenvalue weighted by Gasteiger charge is 2.51. The molecule has 0 aromatic heterocycles. The fraction of sp³-hybridized carbons (Fsp3) is 0.556. The number of phosphoric ester groups is 1. The normalized spacial score (nSPS) is 23.6.